The van der Waals surface area contributed by atoms with Gasteiger partial charge in [0.2, 0.25) is 5.91 Å². The normalized spacial score (nSPS) is 19.7. The van der Waals surface area contributed by atoms with Gasteiger partial charge in [-0.15, -0.1) is 0 Å². The van der Waals surface area contributed by atoms with Gasteiger partial charge in [0, 0.05) is 19.8 Å². The summed E-state index contributed by atoms with van der Waals surface area (Å²) in [5.74, 6) is -0.122. The molecule has 0 aromatic heterocycles. The predicted octanol–water partition coefficient (Wildman–Crippen LogP) is 2.58. The number of ether oxygens (including phenoxy) is 1. The number of rotatable bonds is 4. The minimum atomic E-state index is -0.495. The number of thioether (sulfide) groups is 1. The van der Waals surface area contributed by atoms with Gasteiger partial charge in [0.15, 0.2) is 5.17 Å². The summed E-state index contributed by atoms with van der Waals surface area (Å²) >= 11 is 1.40. The van der Waals surface area contributed by atoms with Crippen LogP contribution in [0.3, 0.4) is 0 Å². The van der Waals surface area contributed by atoms with Gasteiger partial charge in [-0.25, -0.2) is 9.79 Å². The lowest BCUT2D eigenvalue weighted by Gasteiger charge is -2.33. The Morgan fingerprint density at radius 1 is 1.36 bits per heavy atom. The molecule has 0 bridgehead atoms. The maximum atomic E-state index is 12.6. The first-order valence-electron chi connectivity index (χ1n) is 8.12. The molecular formula is C18H21N3O3S. The molecule has 0 unspecified atom stereocenters. The van der Waals surface area contributed by atoms with Gasteiger partial charge in [0.05, 0.1) is 29.7 Å². The summed E-state index contributed by atoms with van der Waals surface area (Å²) < 4.78 is 5.23. The molecule has 25 heavy (non-hydrogen) atoms. The molecular weight excluding hydrogens is 338 g/mol. The van der Waals surface area contributed by atoms with Crippen LogP contribution in [-0.2, 0) is 14.3 Å². The van der Waals surface area contributed by atoms with Crippen LogP contribution in [0.15, 0.2) is 40.5 Å². The Kier molecular flexibility index (Phi) is 4.85. The lowest BCUT2D eigenvalue weighted by molar-refractivity contribution is -0.139. The maximum absolute atomic E-state index is 12.6. The second-order valence-electron chi connectivity index (χ2n) is 6.05. The smallest absolute Gasteiger partial charge is 0.338 e. The van der Waals surface area contributed by atoms with Gasteiger partial charge in [0.1, 0.15) is 0 Å². The van der Waals surface area contributed by atoms with Crippen molar-refractivity contribution in [3.8, 4) is 0 Å². The van der Waals surface area contributed by atoms with E-state index in [1.165, 1.54) is 11.8 Å². The van der Waals surface area contributed by atoms with E-state index in [2.05, 4.69) is 4.99 Å². The summed E-state index contributed by atoms with van der Waals surface area (Å²) in [7, 11) is 3.93. The van der Waals surface area contributed by atoms with E-state index >= 15 is 0 Å². The Balaban J connectivity index is 2.09. The zero-order chi connectivity index (χ0) is 18.1. The highest BCUT2D eigenvalue weighted by Gasteiger charge is 2.43. The molecule has 1 fully saturated rings. The topological polar surface area (TPSA) is 62.2 Å². The zero-order valence-corrected chi connectivity index (χ0v) is 15.6. The Labute approximate surface area is 151 Å². The fraction of sp³-hybridized carbons (Fsp3) is 0.389. The van der Waals surface area contributed by atoms with Crippen molar-refractivity contribution in [1.82, 2.24) is 4.90 Å². The fourth-order valence-electron chi connectivity index (χ4n) is 2.98. The number of fused-ring (bicyclic) bond motifs is 1. The van der Waals surface area contributed by atoms with E-state index in [1.54, 1.807) is 18.7 Å². The molecule has 6 nitrogen and oxygen atoms in total. The first-order chi connectivity index (χ1) is 11.9. The third-order valence-corrected chi connectivity index (χ3v) is 5.14. The quantitative estimate of drug-likeness (QED) is 0.773. The number of carbonyl (C=O) groups is 2. The molecule has 1 aromatic rings. The van der Waals surface area contributed by atoms with Crippen molar-refractivity contribution in [2.24, 2.45) is 4.99 Å². The van der Waals surface area contributed by atoms with Crippen LogP contribution in [0.1, 0.15) is 25.5 Å². The minimum absolute atomic E-state index is 0.0419. The Bertz CT molecular complexity index is 768. The van der Waals surface area contributed by atoms with Crippen molar-refractivity contribution >= 4 is 34.5 Å². The number of carbonyl (C=O) groups excluding carboxylic acids is 2. The van der Waals surface area contributed by atoms with Gasteiger partial charge in [-0.2, -0.15) is 0 Å². The summed E-state index contributed by atoms with van der Waals surface area (Å²) in [5, 5.41) is 0.650. The van der Waals surface area contributed by atoms with E-state index in [9.17, 15) is 9.59 Å². The largest absolute Gasteiger partial charge is 0.463 e. The standard InChI is InChI=1S/C18H21N3O3S/c1-5-24-17(23)15-11(2)19-18-21(14(22)10-25-18)16(15)12-6-8-13(9-7-12)20(3)4/h6-9,16H,5,10H2,1-4H3/t16-/m0/s1. The van der Waals surface area contributed by atoms with E-state index in [-0.39, 0.29) is 12.5 Å². The number of amidine groups is 1. The molecule has 2 heterocycles. The van der Waals surface area contributed by atoms with Crippen LogP contribution in [0.5, 0.6) is 0 Å². The molecule has 2 aliphatic rings. The molecule has 0 N–H and O–H groups in total. The molecule has 7 heteroatoms. The molecule has 0 aliphatic carbocycles. The number of aliphatic imine (C=N–C) groups is 1. The molecule has 0 saturated carbocycles. The summed E-state index contributed by atoms with van der Waals surface area (Å²) in [6, 6.07) is 7.36. The van der Waals surface area contributed by atoms with E-state index in [0.29, 0.717) is 22.2 Å². The molecule has 132 valence electrons. The number of amides is 1. The first kappa shape index (κ1) is 17.5. The molecule has 1 aromatic carbocycles. The van der Waals surface area contributed by atoms with Crippen LogP contribution >= 0.6 is 11.8 Å². The molecule has 0 spiro atoms. The van der Waals surface area contributed by atoms with Crippen LogP contribution < -0.4 is 4.90 Å². The number of allylic oxidation sites excluding steroid dienone is 1. The lowest BCUT2D eigenvalue weighted by atomic mass is 9.94. The molecule has 2 aliphatic heterocycles. The van der Waals surface area contributed by atoms with Crippen LogP contribution in [-0.4, -0.2) is 48.4 Å². The van der Waals surface area contributed by atoms with Crippen molar-refractivity contribution in [3.05, 3.63) is 41.1 Å². The number of hydrogen-bond donors (Lipinski definition) is 0. The summed E-state index contributed by atoms with van der Waals surface area (Å²) in [5.41, 5.74) is 2.96. The lowest BCUT2D eigenvalue weighted by Crippen LogP contribution is -2.39. The Hall–Kier alpha value is -2.28. The summed E-state index contributed by atoms with van der Waals surface area (Å²) in [6.07, 6.45) is 0. The van der Waals surface area contributed by atoms with Gasteiger partial charge in [0.25, 0.3) is 0 Å². The van der Waals surface area contributed by atoms with Crippen molar-refractivity contribution < 1.29 is 14.3 Å². The number of anilines is 1. The number of hydrogen-bond acceptors (Lipinski definition) is 6. The highest BCUT2D eigenvalue weighted by Crippen LogP contribution is 2.41. The maximum Gasteiger partial charge on any atom is 0.338 e. The van der Waals surface area contributed by atoms with Crippen molar-refractivity contribution in [1.29, 1.82) is 0 Å². The monoisotopic (exact) mass is 359 g/mol. The van der Waals surface area contributed by atoms with Crippen LogP contribution in [0.2, 0.25) is 0 Å². The summed E-state index contributed by atoms with van der Waals surface area (Å²) in [4.78, 5) is 33.1. The van der Waals surface area contributed by atoms with E-state index in [1.807, 2.05) is 43.3 Å². The Morgan fingerprint density at radius 3 is 2.64 bits per heavy atom. The van der Waals surface area contributed by atoms with E-state index in [0.717, 1.165) is 11.3 Å². The van der Waals surface area contributed by atoms with Crippen LogP contribution in [0.25, 0.3) is 0 Å². The predicted molar refractivity (Wildman–Crippen MR) is 99.6 cm³/mol. The molecule has 3 rings (SSSR count). The zero-order valence-electron chi connectivity index (χ0n) is 14.8. The SMILES string of the molecule is CCOC(=O)C1=C(C)N=C2SCC(=O)N2[C@H]1c1ccc(N(C)C)cc1. The van der Waals surface area contributed by atoms with Gasteiger partial charge < -0.3 is 9.64 Å². The van der Waals surface area contributed by atoms with Crippen LogP contribution in [0, 0.1) is 0 Å². The molecule has 1 atom stereocenters. The van der Waals surface area contributed by atoms with Crippen molar-refractivity contribution in [2.45, 2.75) is 19.9 Å². The third kappa shape index (κ3) is 3.16. The number of nitrogens with zero attached hydrogens (tertiary/aromatic N) is 3. The van der Waals surface area contributed by atoms with E-state index in [4.69, 9.17) is 4.74 Å². The van der Waals surface area contributed by atoms with E-state index < -0.39 is 12.0 Å². The van der Waals surface area contributed by atoms with Gasteiger partial charge >= 0.3 is 5.97 Å². The molecule has 1 amide bonds. The molecule has 0 radical (unpaired) electrons. The van der Waals surface area contributed by atoms with Gasteiger partial charge in [-0.1, -0.05) is 23.9 Å². The average molecular weight is 359 g/mol. The molecule has 1 saturated heterocycles. The second-order valence-corrected chi connectivity index (χ2v) is 7.00. The Morgan fingerprint density at radius 2 is 2.04 bits per heavy atom. The number of benzene rings is 1. The van der Waals surface area contributed by atoms with Crippen molar-refractivity contribution in [2.75, 3.05) is 31.4 Å². The highest BCUT2D eigenvalue weighted by molar-refractivity contribution is 8.15. The average Bonchev–Trinajstić information content (AvgIpc) is 2.94. The highest BCUT2D eigenvalue weighted by atomic mass is 32.2. The summed E-state index contributed by atoms with van der Waals surface area (Å²) in [6.45, 7) is 3.84. The van der Waals surface area contributed by atoms with Crippen molar-refractivity contribution in [3.63, 3.8) is 0 Å². The van der Waals surface area contributed by atoms with Crippen LogP contribution in [0.4, 0.5) is 5.69 Å². The first-order valence-corrected chi connectivity index (χ1v) is 9.11. The number of esters is 1. The third-order valence-electron chi connectivity index (χ3n) is 4.20. The minimum Gasteiger partial charge on any atom is -0.463 e. The fourth-order valence-corrected chi connectivity index (χ4v) is 3.92. The van der Waals surface area contributed by atoms with Gasteiger partial charge in [-0.05, 0) is 31.5 Å². The second kappa shape index (κ2) is 6.92. The van der Waals surface area contributed by atoms with Gasteiger partial charge in [-0.3, -0.25) is 9.69 Å².